The zero-order chi connectivity index (χ0) is 18.7. The van der Waals surface area contributed by atoms with Crippen molar-refractivity contribution in [3.05, 3.63) is 45.6 Å². The number of rotatable bonds is 6. The zero-order valence-electron chi connectivity index (χ0n) is 14.9. The molecule has 1 N–H and O–H groups in total. The van der Waals surface area contributed by atoms with Gasteiger partial charge in [-0.05, 0) is 25.8 Å². The number of aromatic nitrogens is 2. The third-order valence-corrected chi connectivity index (χ3v) is 6.06. The molecular weight excluding hydrogens is 368 g/mol. The van der Waals surface area contributed by atoms with Crippen LogP contribution in [-0.4, -0.2) is 27.8 Å². The maximum atomic E-state index is 12.7. The Balaban J connectivity index is 1.96. The minimum Gasteiger partial charge on any atom is -0.465 e. The molecule has 0 aliphatic rings. The summed E-state index contributed by atoms with van der Waals surface area (Å²) in [7, 11) is 0. The van der Waals surface area contributed by atoms with E-state index in [1.165, 1.54) is 28.7 Å². The number of hydrogen-bond donors (Lipinski definition) is 1. The monoisotopic (exact) mass is 388 g/mol. The van der Waals surface area contributed by atoms with Crippen molar-refractivity contribution in [2.24, 2.45) is 0 Å². The van der Waals surface area contributed by atoms with Crippen molar-refractivity contribution in [3.63, 3.8) is 0 Å². The van der Waals surface area contributed by atoms with E-state index in [4.69, 9.17) is 4.74 Å². The molecule has 0 spiro atoms. The SMILES string of the molecule is CCOC(=O)C(CC)Sc1nc2scc(-c3ccc(C)cc3)c2c(=O)[nH]1. The summed E-state index contributed by atoms with van der Waals surface area (Å²) in [4.78, 5) is 32.7. The molecule has 0 bridgehead atoms. The normalized spacial score (nSPS) is 12.3. The van der Waals surface area contributed by atoms with Crippen LogP contribution in [0.25, 0.3) is 21.3 Å². The molecule has 0 aliphatic carbocycles. The molecule has 2 aromatic heterocycles. The molecule has 0 radical (unpaired) electrons. The first-order valence-electron chi connectivity index (χ1n) is 8.45. The van der Waals surface area contributed by atoms with Gasteiger partial charge in [-0.2, -0.15) is 0 Å². The fourth-order valence-electron chi connectivity index (χ4n) is 2.60. The summed E-state index contributed by atoms with van der Waals surface area (Å²) in [5.41, 5.74) is 2.86. The van der Waals surface area contributed by atoms with Crippen molar-refractivity contribution >= 4 is 39.3 Å². The third-order valence-electron chi connectivity index (χ3n) is 3.96. The highest BCUT2D eigenvalue weighted by atomic mass is 32.2. The molecule has 0 saturated carbocycles. The van der Waals surface area contributed by atoms with Gasteiger partial charge in [-0.1, -0.05) is 48.5 Å². The quantitative estimate of drug-likeness (QED) is 0.385. The Labute approximate surface area is 159 Å². The van der Waals surface area contributed by atoms with E-state index in [1.807, 2.05) is 43.5 Å². The van der Waals surface area contributed by atoms with Crippen LogP contribution in [0.2, 0.25) is 0 Å². The third kappa shape index (κ3) is 3.83. The van der Waals surface area contributed by atoms with Gasteiger partial charge < -0.3 is 9.72 Å². The number of hydrogen-bond acceptors (Lipinski definition) is 6. The topological polar surface area (TPSA) is 72.0 Å². The van der Waals surface area contributed by atoms with Crippen molar-refractivity contribution < 1.29 is 9.53 Å². The maximum Gasteiger partial charge on any atom is 0.319 e. The van der Waals surface area contributed by atoms with Crippen LogP contribution >= 0.6 is 23.1 Å². The number of fused-ring (bicyclic) bond motifs is 1. The Hall–Kier alpha value is -2.12. The molecule has 5 nitrogen and oxygen atoms in total. The van der Waals surface area contributed by atoms with Gasteiger partial charge in [-0.15, -0.1) is 11.3 Å². The zero-order valence-corrected chi connectivity index (χ0v) is 16.5. The van der Waals surface area contributed by atoms with Gasteiger partial charge in [0.15, 0.2) is 5.16 Å². The summed E-state index contributed by atoms with van der Waals surface area (Å²) in [5, 5.41) is 2.61. The van der Waals surface area contributed by atoms with Gasteiger partial charge in [0.25, 0.3) is 5.56 Å². The van der Waals surface area contributed by atoms with Gasteiger partial charge in [0.2, 0.25) is 0 Å². The largest absolute Gasteiger partial charge is 0.465 e. The summed E-state index contributed by atoms with van der Waals surface area (Å²) in [5.74, 6) is -0.283. The van der Waals surface area contributed by atoms with E-state index in [1.54, 1.807) is 6.92 Å². The van der Waals surface area contributed by atoms with Gasteiger partial charge in [-0.25, -0.2) is 4.98 Å². The molecule has 3 aromatic rings. The van der Waals surface area contributed by atoms with Crippen molar-refractivity contribution in [3.8, 4) is 11.1 Å². The average Bonchev–Trinajstić information content (AvgIpc) is 3.05. The van der Waals surface area contributed by atoms with E-state index in [0.717, 1.165) is 11.1 Å². The molecule has 7 heteroatoms. The van der Waals surface area contributed by atoms with Crippen LogP contribution in [-0.2, 0) is 9.53 Å². The number of thioether (sulfide) groups is 1. The van der Waals surface area contributed by atoms with Crippen LogP contribution in [0, 0.1) is 6.92 Å². The van der Waals surface area contributed by atoms with Crippen molar-refractivity contribution in [2.75, 3.05) is 6.61 Å². The van der Waals surface area contributed by atoms with Crippen LogP contribution in [0.5, 0.6) is 0 Å². The van der Waals surface area contributed by atoms with Gasteiger partial charge >= 0.3 is 5.97 Å². The fraction of sp³-hybridized carbons (Fsp3) is 0.316. The smallest absolute Gasteiger partial charge is 0.319 e. The lowest BCUT2D eigenvalue weighted by atomic mass is 10.1. The molecule has 26 heavy (non-hydrogen) atoms. The Morgan fingerprint density at radius 1 is 1.31 bits per heavy atom. The Morgan fingerprint density at radius 2 is 2.04 bits per heavy atom. The summed E-state index contributed by atoms with van der Waals surface area (Å²) in [6, 6.07) is 8.06. The number of nitrogens with one attached hydrogen (secondary N) is 1. The van der Waals surface area contributed by atoms with Crippen molar-refractivity contribution in [2.45, 2.75) is 37.6 Å². The number of esters is 1. The van der Waals surface area contributed by atoms with E-state index in [2.05, 4.69) is 9.97 Å². The van der Waals surface area contributed by atoms with Crippen molar-refractivity contribution in [1.82, 2.24) is 9.97 Å². The van der Waals surface area contributed by atoms with Crippen LogP contribution < -0.4 is 5.56 Å². The van der Waals surface area contributed by atoms with Gasteiger partial charge in [0, 0.05) is 10.9 Å². The molecule has 1 atom stereocenters. The number of aryl methyl sites for hydroxylation is 1. The highest BCUT2D eigenvalue weighted by Gasteiger charge is 2.21. The number of benzene rings is 1. The molecular formula is C19H20N2O3S2. The van der Waals surface area contributed by atoms with E-state index in [9.17, 15) is 9.59 Å². The molecule has 1 unspecified atom stereocenters. The summed E-state index contributed by atoms with van der Waals surface area (Å²) >= 11 is 2.67. The minimum atomic E-state index is -0.382. The first kappa shape index (κ1) is 18.7. The van der Waals surface area contributed by atoms with Crippen LogP contribution in [0.3, 0.4) is 0 Å². The Morgan fingerprint density at radius 3 is 2.69 bits per heavy atom. The molecule has 0 aliphatic heterocycles. The van der Waals surface area contributed by atoms with Crippen LogP contribution in [0.1, 0.15) is 25.8 Å². The molecule has 0 amide bonds. The lowest BCUT2D eigenvalue weighted by molar-refractivity contribution is -0.142. The number of ether oxygens (including phenoxy) is 1. The lowest BCUT2D eigenvalue weighted by Gasteiger charge is -2.12. The summed E-state index contributed by atoms with van der Waals surface area (Å²) in [6.07, 6.45) is 0.601. The Kier molecular flexibility index (Phi) is 5.78. The number of nitrogens with zero attached hydrogens (tertiary/aromatic N) is 1. The second-order valence-corrected chi connectivity index (χ2v) is 7.88. The van der Waals surface area contributed by atoms with Crippen LogP contribution in [0.4, 0.5) is 0 Å². The van der Waals surface area contributed by atoms with E-state index in [-0.39, 0.29) is 16.8 Å². The van der Waals surface area contributed by atoms with Crippen molar-refractivity contribution in [1.29, 1.82) is 0 Å². The first-order chi connectivity index (χ1) is 12.5. The molecule has 0 fully saturated rings. The second-order valence-electron chi connectivity index (χ2n) is 5.83. The molecule has 1 aromatic carbocycles. The average molecular weight is 389 g/mol. The predicted octanol–water partition coefficient (Wildman–Crippen LogP) is 4.39. The number of aromatic amines is 1. The van der Waals surface area contributed by atoms with E-state index in [0.29, 0.717) is 28.4 Å². The Bertz CT molecular complexity index is 977. The maximum absolute atomic E-state index is 12.7. The van der Waals surface area contributed by atoms with Gasteiger partial charge in [-0.3, -0.25) is 9.59 Å². The molecule has 0 saturated heterocycles. The minimum absolute atomic E-state index is 0.187. The number of carbonyl (C=O) groups excluding carboxylic acids is 1. The molecule has 2 heterocycles. The van der Waals surface area contributed by atoms with Gasteiger partial charge in [0.1, 0.15) is 10.1 Å². The molecule has 3 rings (SSSR count). The summed E-state index contributed by atoms with van der Waals surface area (Å²) in [6.45, 7) is 6.05. The predicted molar refractivity (Wildman–Crippen MR) is 107 cm³/mol. The van der Waals surface area contributed by atoms with Gasteiger partial charge in [0.05, 0.1) is 12.0 Å². The second kappa shape index (κ2) is 8.05. The highest BCUT2D eigenvalue weighted by Crippen LogP contribution is 2.32. The number of H-pyrrole nitrogens is 1. The standard InChI is InChI=1S/C19H20N2O3S2/c1-4-14(18(23)24-5-2)26-19-20-16(22)15-13(10-25-17(15)21-19)12-8-6-11(3)7-9-12/h6-10,14H,4-5H2,1-3H3,(H,20,21,22). The highest BCUT2D eigenvalue weighted by molar-refractivity contribution is 8.00. The molecule has 136 valence electrons. The number of thiophene rings is 1. The van der Waals surface area contributed by atoms with E-state index < -0.39 is 0 Å². The van der Waals surface area contributed by atoms with E-state index >= 15 is 0 Å². The van der Waals surface area contributed by atoms with Crippen LogP contribution in [0.15, 0.2) is 39.6 Å². The lowest BCUT2D eigenvalue weighted by Crippen LogP contribution is -2.20. The summed E-state index contributed by atoms with van der Waals surface area (Å²) < 4.78 is 5.08. The number of carbonyl (C=O) groups is 1. The first-order valence-corrected chi connectivity index (χ1v) is 10.2. The fourth-order valence-corrected chi connectivity index (χ4v) is 4.50.